The highest BCUT2D eigenvalue weighted by Crippen LogP contribution is 2.03. The average molecular weight is 261 g/mol. The molecule has 1 atom stereocenters. The molecule has 0 fully saturated rings. The quantitative estimate of drug-likeness (QED) is 0.399. The molecule has 0 spiro atoms. The molecule has 0 aliphatic rings. The molecular formula is C12H17ClO4. The Bertz CT molecular complexity index is 291. The summed E-state index contributed by atoms with van der Waals surface area (Å²) in [4.78, 5) is 11.2. The van der Waals surface area contributed by atoms with Crippen LogP contribution < -0.4 is 0 Å². The maximum atomic E-state index is 11.2. The third kappa shape index (κ3) is 9.88. The van der Waals surface area contributed by atoms with Gasteiger partial charge in [-0.3, -0.25) is 4.79 Å². The van der Waals surface area contributed by atoms with Crippen molar-refractivity contribution < 1.29 is 19.0 Å². The number of carbonyl (C=O) groups is 1. The first kappa shape index (κ1) is 16.0. The molecule has 0 heterocycles. The summed E-state index contributed by atoms with van der Waals surface area (Å²) < 4.78 is 14.9. The summed E-state index contributed by atoms with van der Waals surface area (Å²) in [5, 5.41) is 0. The number of ether oxygens (including phenoxy) is 3. The van der Waals surface area contributed by atoms with Crippen molar-refractivity contribution in [1.29, 1.82) is 0 Å². The predicted octanol–water partition coefficient (Wildman–Crippen LogP) is 2.07. The van der Waals surface area contributed by atoms with Crippen LogP contribution in [0.1, 0.15) is 19.8 Å². The Morgan fingerprint density at radius 2 is 2.29 bits per heavy atom. The van der Waals surface area contributed by atoms with Gasteiger partial charge in [-0.2, -0.15) is 0 Å². The predicted molar refractivity (Wildman–Crippen MR) is 65.4 cm³/mol. The number of esters is 1. The van der Waals surface area contributed by atoms with E-state index in [4.69, 9.17) is 25.8 Å². The fourth-order valence-electron chi connectivity index (χ4n) is 1.00. The van der Waals surface area contributed by atoms with Gasteiger partial charge >= 0.3 is 5.97 Å². The minimum Gasteiger partial charge on any atom is -0.466 e. The van der Waals surface area contributed by atoms with E-state index in [0.29, 0.717) is 13.0 Å². The smallest absolute Gasteiger partial charge is 0.305 e. The standard InChI is InChI=1S/C12H17ClO4/c1-3-16-12(14)8-7-11(17-10-15-2)6-4-5-9-13/h5,9,11H,3,7-8,10H2,1-2H3/b9-5-. The van der Waals surface area contributed by atoms with Crippen molar-refractivity contribution in [2.24, 2.45) is 0 Å². The van der Waals surface area contributed by atoms with E-state index in [9.17, 15) is 4.79 Å². The van der Waals surface area contributed by atoms with E-state index in [-0.39, 0.29) is 25.3 Å². The summed E-state index contributed by atoms with van der Waals surface area (Å²) in [5.41, 5.74) is 1.31. The second-order valence-electron chi connectivity index (χ2n) is 2.99. The number of rotatable bonds is 7. The number of halogens is 1. The van der Waals surface area contributed by atoms with Crippen molar-refractivity contribution in [1.82, 2.24) is 0 Å². The van der Waals surface area contributed by atoms with E-state index in [1.807, 2.05) is 0 Å². The first-order valence-electron chi connectivity index (χ1n) is 5.27. The average Bonchev–Trinajstić information content (AvgIpc) is 2.32. The molecule has 0 radical (unpaired) electrons. The molecule has 0 aliphatic heterocycles. The minimum atomic E-state index is -0.368. The van der Waals surface area contributed by atoms with E-state index in [0.717, 1.165) is 0 Å². The molecule has 0 bridgehead atoms. The SMILES string of the molecule is CCOC(=O)CCC(C#C/C=C\Cl)OCOC. The lowest BCUT2D eigenvalue weighted by molar-refractivity contribution is -0.144. The topological polar surface area (TPSA) is 44.8 Å². The Kier molecular flexibility index (Phi) is 10.8. The second-order valence-corrected chi connectivity index (χ2v) is 3.24. The van der Waals surface area contributed by atoms with Gasteiger partial charge in [0.1, 0.15) is 12.9 Å². The molecule has 96 valence electrons. The largest absolute Gasteiger partial charge is 0.466 e. The van der Waals surface area contributed by atoms with Gasteiger partial charge in [-0.05, 0) is 19.4 Å². The van der Waals surface area contributed by atoms with Crippen LogP contribution in [0.2, 0.25) is 0 Å². The molecule has 17 heavy (non-hydrogen) atoms. The highest BCUT2D eigenvalue weighted by Gasteiger charge is 2.09. The summed E-state index contributed by atoms with van der Waals surface area (Å²) in [6, 6.07) is 0. The highest BCUT2D eigenvalue weighted by atomic mass is 35.5. The maximum absolute atomic E-state index is 11.2. The van der Waals surface area contributed by atoms with Crippen LogP contribution >= 0.6 is 11.6 Å². The van der Waals surface area contributed by atoms with Gasteiger partial charge in [0.15, 0.2) is 0 Å². The lowest BCUT2D eigenvalue weighted by Crippen LogP contribution is -2.15. The molecule has 0 rings (SSSR count). The number of allylic oxidation sites excluding steroid dienone is 1. The van der Waals surface area contributed by atoms with E-state index in [1.165, 1.54) is 18.7 Å². The molecule has 0 aromatic heterocycles. The Balaban J connectivity index is 4.10. The van der Waals surface area contributed by atoms with Gasteiger partial charge < -0.3 is 14.2 Å². The van der Waals surface area contributed by atoms with Gasteiger partial charge in [-0.25, -0.2) is 0 Å². The summed E-state index contributed by atoms with van der Waals surface area (Å²) in [6.07, 6.45) is 1.86. The van der Waals surface area contributed by atoms with Crippen molar-refractivity contribution in [2.75, 3.05) is 20.5 Å². The van der Waals surface area contributed by atoms with Gasteiger partial charge in [0.05, 0.1) is 6.61 Å². The summed E-state index contributed by atoms with van der Waals surface area (Å²) >= 11 is 5.34. The zero-order valence-electron chi connectivity index (χ0n) is 10.1. The molecule has 0 saturated heterocycles. The lowest BCUT2D eigenvalue weighted by Gasteiger charge is -2.10. The first-order valence-corrected chi connectivity index (χ1v) is 5.70. The summed E-state index contributed by atoms with van der Waals surface area (Å²) in [7, 11) is 1.52. The molecule has 0 N–H and O–H groups in total. The number of hydrogen-bond acceptors (Lipinski definition) is 4. The Morgan fingerprint density at radius 1 is 1.53 bits per heavy atom. The normalized spacial score (nSPS) is 11.9. The zero-order chi connectivity index (χ0) is 12.9. The summed E-state index contributed by atoms with van der Waals surface area (Å²) in [5.74, 6) is 5.27. The van der Waals surface area contributed by atoms with Crippen LogP contribution in [-0.4, -0.2) is 32.6 Å². The van der Waals surface area contributed by atoms with Crippen molar-refractivity contribution >= 4 is 17.6 Å². The molecule has 0 aromatic carbocycles. The van der Waals surface area contributed by atoms with E-state index < -0.39 is 0 Å². The van der Waals surface area contributed by atoms with Crippen LogP contribution in [0.3, 0.4) is 0 Å². The van der Waals surface area contributed by atoms with Crippen molar-refractivity contribution in [3.63, 3.8) is 0 Å². The lowest BCUT2D eigenvalue weighted by atomic mass is 10.2. The van der Waals surface area contributed by atoms with Crippen LogP contribution in [0, 0.1) is 11.8 Å². The van der Waals surface area contributed by atoms with Crippen LogP contribution in [0.4, 0.5) is 0 Å². The van der Waals surface area contributed by atoms with E-state index >= 15 is 0 Å². The minimum absolute atomic E-state index is 0.132. The molecule has 0 amide bonds. The highest BCUT2D eigenvalue weighted by molar-refractivity contribution is 6.25. The fourth-order valence-corrected chi connectivity index (χ4v) is 1.06. The molecule has 0 aromatic rings. The Hall–Kier alpha value is -1.02. The maximum Gasteiger partial charge on any atom is 0.305 e. The van der Waals surface area contributed by atoms with Gasteiger partial charge in [-0.1, -0.05) is 23.4 Å². The van der Waals surface area contributed by atoms with Gasteiger partial charge in [0.25, 0.3) is 0 Å². The fraction of sp³-hybridized carbons (Fsp3) is 0.583. The molecular weight excluding hydrogens is 244 g/mol. The second kappa shape index (κ2) is 11.5. The van der Waals surface area contributed by atoms with Crippen molar-refractivity contribution in [2.45, 2.75) is 25.9 Å². The van der Waals surface area contributed by atoms with Crippen LogP contribution in [0.5, 0.6) is 0 Å². The van der Waals surface area contributed by atoms with Gasteiger partial charge in [-0.15, -0.1) is 0 Å². The molecule has 4 nitrogen and oxygen atoms in total. The first-order chi connectivity index (χ1) is 8.24. The zero-order valence-corrected chi connectivity index (χ0v) is 10.8. The Morgan fingerprint density at radius 3 is 2.88 bits per heavy atom. The Labute approximate surface area is 107 Å². The van der Waals surface area contributed by atoms with Crippen molar-refractivity contribution in [3.8, 4) is 11.8 Å². The molecule has 0 aliphatic carbocycles. The number of methoxy groups -OCH3 is 1. The molecule has 5 heteroatoms. The van der Waals surface area contributed by atoms with Crippen LogP contribution in [0.25, 0.3) is 0 Å². The third-order valence-electron chi connectivity index (χ3n) is 1.69. The monoisotopic (exact) mass is 260 g/mol. The van der Waals surface area contributed by atoms with Crippen LogP contribution in [-0.2, 0) is 19.0 Å². The van der Waals surface area contributed by atoms with Crippen molar-refractivity contribution in [3.05, 3.63) is 11.6 Å². The van der Waals surface area contributed by atoms with Crippen LogP contribution in [0.15, 0.2) is 11.6 Å². The van der Waals surface area contributed by atoms with Gasteiger partial charge in [0.2, 0.25) is 0 Å². The summed E-state index contributed by atoms with van der Waals surface area (Å²) in [6.45, 7) is 2.28. The van der Waals surface area contributed by atoms with E-state index in [2.05, 4.69) is 11.8 Å². The number of carbonyl (C=O) groups excluding carboxylic acids is 1. The molecule has 0 saturated carbocycles. The van der Waals surface area contributed by atoms with Gasteiger partial charge in [0, 0.05) is 19.1 Å². The number of hydrogen-bond donors (Lipinski definition) is 0. The molecule has 1 unspecified atom stereocenters. The third-order valence-corrected chi connectivity index (χ3v) is 1.82. The van der Waals surface area contributed by atoms with E-state index in [1.54, 1.807) is 6.92 Å².